The van der Waals surface area contributed by atoms with E-state index in [0.717, 1.165) is 6.42 Å². The Bertz CT molecular complexity index is 352. The van der Waals surface area contributed by atoms with Crippen molar-refractivity contribution in [1.29, 1.82) is 0 Å². The van der Waals surface area contributed by atoms with Crippen LogP contribution in [0.1, 0.15) is 42.2 Å². The second-order valence-electron chi connectivity index (χ2n) is 3.21. The van der Waals surface area contributed by atoms with Gasteiger partial charge in [-0.2, -0.15) is 0 Å². The SMILES string of the molecule is CC[C@H](C)c1cc(Cl)cnc1C(=O)O. The van der Waals surface area contributed by atoms with Crippen LogP contribution >= 0.6 is 11.6 Å². The number of hydrogen-bond donors (Lipinski definition) is 1. The van der Waals surface area contributed by atoms with Crippen LogP contribution in [0.2, 0.25) is 5.02 Å². The minimum absolute atomic E-state index is 0.101. The molecule has 0 fully saturated rings. The molecule has 14 heavy (non-hydrogen) atoms. The highest BCUT2D eigenvalue weighted by Crippen LogP contribution is 2.24. The number of aromatic nitrogens is 1. The Morgan fingerprint density at radius 1 is 1.71 bits per heavy atom. The van der Waals surface area contributed by atoms with Gasteiger partial charge in [-0.25, -0.2) is 9.78 Å². The average Bonchev–Trinajstić information content (AvgIpc) is 2.16. The van der Waals surface area contributed by atoms with Gasteiger partial charge in [-0.3, -0.25) is 0 Å². The molecule has 1 aromatic rings. The van der Waals surface area contributed by atoms with Crippen molar-refractivity contribution < 1.29 is 9.90 Å². The van der Waals surface area contributed by atoms with Gasteiger partial charge in [0.15, 0.2) is 5.69 Å². The molecule has 0 spiro atoms. The highest BCUT2D eigenvalue weighted by Gasteiger charge is 2.16. The van der Waals surface area contributed by atoms with Crippen LogP contribution in [0.3, 0.4) is 0 Å². The highest BCUT2D eigenvalue weighted by molar-refractivity contribution is 6.30. The van der Waals surface area contributed by atoms with Gasteiger partial charge in [0.2, 0.25) is 0 Å². The number of carboxylic acid groups (broad SMARTS) is 1. The Balaban J connectivity index is 3.22. The van der Waals surface area contributed by atoms with Crippen molar-refractivity contribution in [3.8, 4) is 0 Å². The zero-order chi connectivity index (χ0) is 10.7. The first-order valence-corrected chi connectivity index (χ1v) is 4.82. The second kappa shape index (κ2) is 4.42. The van der Waals surface area contributed by atoms with Crippen LogP contribution < -0.4 is 0 Å². The summed E-state index contributed by atoms with van der Waals surface area (Å²) in [5.41, 5.74) is 0.802. The molecule has 4 heteroatoms. The number of aromatic carboxylic acids is 1. The molecule has 1 aromatic heterocycles. The molecule has 1 atom stereocenters. The third kappa shape index (κ3) is 2.23. The van der Waals surface area contributed by atoms with Crippen molar-refractivity contribution in [2.24, 2.45) is 0 Å². The van der Waals surface area contributed by atoms with E-state index in [1.54, 1.807) is 6.07 Å². The molecule has 1 rings (SSSR count). The second-order valence-corrected chi connectivity index (χ2v) is 3.64. The smallest absolute Gasteiger partial charge is 0.354 e. The van der Waals surface area contributed by atoms with Gasteiger partial charge in [0.05, 0.1) is 5.02 Å². The average molecular weight is 214 g/mol. The lowest BCUT2D eigenvalue weighted by atomic mass is 9.97. The fraction of sp³-hybridized carbons (Fsp3) is 0.400. The summed E-state index contributed by atoms with van der Waals surface area (Å²) in [5.74, 6) is -0.843. The molecule has 1 N–H and O–H groups in total. The van der Waals surface area contributed by atoms with Gasteiger partial charge < -0.3 is 5.11 Å². The van der Waals surface area contributed by atoms with Gasteiger partial charge in [0.1, 0.15) is 0 Å². The first kappa shape index (κ1) is 11.0. The largest absolute Gasteiger partial charge is 0.477 e. The number of pyridine rings is 1. The first-order chi connectivity index (χ1) is 6.56. The van der Waals surface area contributed by atoms with E-state index in [1.807, 2.05) is 13.8 Å². The van der Waals surface area contributed by atoms with Gasteiger partial charge in [-0.05, 0) is 24.0 Å². The van der Waals surface area contributed by atoms with E-state index in [1.165, 1.54) is 6.20 Å². The fourth-order valence-electron chi connectivity index (χ4n) is 1.23. The predicted molar refractivity (Wildman–Crippen MR) is 54.9 cm³/mol. The summed E-state index contributed by atoms with van der Waals surface area (Å²) in [6.45, 7) is 3.96. The van der Waals surface area contributed by atoms with Gasteiger partial charge >= 0.3 is 5.97 Å². The number of rotatable bonds is 3. The summed E-state index contributed by atoms with van der Waals surface area (Å²) in [4.78, 5) is 14.7. The number of halogens is 1. The van der Waals surface area contributed by atoms with Gasteiger partial charge in [0, 0.05) is 6.20 Å². The lowest BCUT2D eigenvalue weighted by Gasteiger charge is -2.11. The summed E-state index contributed by atoms with van der Waals surface area (Å²) < 4.78 is 0. The Labute approximate surface area is 87.7 Å². The Morgan fingerprint density at radius 2 is 2.36 bits per heavy atom. The topological polar surface area (TPSA) is 50.2 Å². The molecule has 3 nitrogen and oxygen atoms in total. The van der Waals surface area contributed by atoms with E-state index in [0.29, 0.717) is 10.6 Å². The van der Waals surface area contributed by atoms with Crippen LogP contribution in [0.15, 0.2) is 12.3 Å². The third-order valence-corrected chi connectivity index (χ3v) is 2.44. The lowest BCUT2D eigenvalue weighted by molar-refractivity contribution is 0.0688. The molecule has 0 unspecified atom stereocenters. The summed E-state index contributed by atoms with van der Waals surface area (Å²) in [6, 6.07) is 1.67. The molecule has 0 aliphatic carbocycles. The molecule has 0 saturated carbocycles. The molecule has 0 bridgehead atoms. The minimum atomic E-state index is -1.00. The van der Waals surface area contributed by atoms with E-state index < -0.39 is 5.97 Å². The monoisotopic (exact) mass is 213 g/mol. The van der Waals surface area contributed by atoms with Crippen LogP contribution in [-0.2, 0) is 0 Å². The highest BCUT2D eigenvalue weighted by atomic mass is 35.5. The summed E-state index contributed by atoms with van der Waals surface area (Å²) in [6.07, 6.45) is 2.22. The molecule has 1 heterocycles. The number of hydrogen-bond acceptors (Lipinski definition) is 2. The number of nitrogens with zero attached hydrogens (tertiary/aromatic N) is 1. The Kier molecular flexibility index (Phi) is 3.47. The molecule has 0 aliphatic heterocycles. The maximum atomic E-state index is 10.8. The van der Waals surface area contributed by atoms with Crippen molar-refractivity contribution in [2.75, 3.05) is 0 Å². The molecule has 0 aliphatic rings. The van der Waals surface area contributed by atoms with Crippen LogP contribution in [-0.4, -0.2) is 16.1 Å². The zero-order valence-corrected chi connectivity index (χ0v) is 8.88. The Morgan fingerprint density at radius 3 is 2.86 bits per heavy atom. The van der Waals surface area contributed by atoms with Crippen molar-refractivity contribution in [3.05, 3.63) is 28.5 Å². The Hall–Kier alpha value is -1.09. The molecular weight excluding hydrogens is 202 g/mol. The molecule has 0 saturated heterocycles. The lowest BCUT2D eigenvalue weighted by Crippen LogP contribution is -2.07. The van der Waals surface area contributed by atoms with Gasteiger partial charge in [-0.1, -0.05) is 25.4 Å². The van der Waals surface area contributed by atoms with Crippen LogP contribution in [0.25, 0.3) is 0 Å². The maximum Gasteiger partial charge on any atom is 0.354 e. The van der Waals surface area contributed by atoms with Crippen LogP contribution in [0.5, 0.6) is 0 Å². The molecular formula is C10H12ClNO2. The minimum Gasteiger partial charge on any atom is -0.477 e. The fourth-order valence-corrected chi connectivity index (χ4v) is 1.40. The van der Waals surface area contributed by atoms with E-state index in [9.17, 15) is 4.79 Å². The first-order valence-electron chi connectivity index (χ1n) is 4.45. The van der Waals surface area contributed by atoms with Gasteiger partial charge in [0.25, 0.3) is 0 Å². The van der Waals surface area contributed by atoms with Crippen LogP contribution in [0.4, 0.5) is 0 Å². The normalized spacial score (nSPS) is 12.5. The predicted octanol–water partition coefficient (Wildman–Crippen LogP) is 2.95. The van der Waals surface area contributed by atoms with Crippen molar-refractivity contribution >= 4 is 17.6 Å². The van der Waals surface area contributed by atoms with E-state index >= 15 is 0 Å². The standard InChI is InChI=1S/C10H12ClNO2/c1-3-6(2)8-4-7(11)5-12-9(8)10(13)14/h4-6H,3H2,1-2H3,(H,13,14)/t6-/m0/s1. The summed E-state index contributed by atoms with van der Waals surface area (Å²) in [7, 11) is 0. The summed E-state index contributed by atoms with van der Waals surface area (Å²) >= 11 is 5.77. The molecule has 0 radical (unpaired) electrons. The van der Waals surface area contributed by atoms with Crippen molar-refractivity contribution in [2.45, 2.75) is 26.2 Å². The summed E-state index contributed by atoms with van der Waals surface area (Å²) in [5, 5.41) is 9.37. The van der Waals surface area contributed by atoms with E-state index in [-0.39, 0.29) is 11.6 Å². The van der Waals surface area contributed by atoms with Gasteiger partial charge in [-0.15, -0.1) is 0 Å². The zero-order valence-electron chi connectivity index (χ0n) is 8.12. The number of carboxylic acids is 1. The molecule has 0 aromatic carbocycles. The molecule has 0 amide bonds. The van der Waals surface area contributed by atoms with E-state index in [2.05, 4.69) is 4.98 Å². The maximum absolute atomic E-state index is 10.8. The van der Waals surface area contributed by atoms with Crippen molar-refractivity contribution in [3.63, 3.8) is 0 Å². The third-order valence-electron chi connectivity index (χ3n) is 2.23. The van der Waals surface area contributed by atoms with E-state index in [4.69, 9.17) is 16.7 Å². The number of carbonyl (C=O) groups is 1. The van der Waals surface area contributed by atoms with Crippen LogP contribution in [0, 0.1) is 0 Å². The quantitative estimate of drug-likeness (QED) is 0.840. The van der Waals surface area contributed by atoms with Crippen molar-refractivity contribution in [1.82, 2.24) is 4.98 Å². The molecule has 76 valence electrons.